The minimum absolute atomic E-state index is 0.0358. The highest BCUT2D eigenvalue weighted by atomic mass is 35.5. The van der Waals surface area contributed by atoms with Crippen LogP contribution in [0.15, 0.2) is 18.2 Å². The van der Waals surface area contributed by atoms with Gasteiger partial charge in [0.25, 0.3) is 0 Å². The van der Waals surface area contributed by atoms with Crippen LogP contribution in [0.4, 0.5) is 5.69 Å². The van der Waals surface area contributed by atoms with E-state index in [0.29, 0.717) is 11.4 Å². The summed E-state index contributed by atoms with van der Waals surface area (Å²) in [5.41, 5.74) is 1.71. The zero-order valence-corrected chi connectivity index (χ0v) is 12.8. The van der Waals surface area contributed by atoms with E-state index in [2.05, 4.69) is 17.1 Å². The van der Waals surface area contributed by atoms with E-state index in [9.17, 15) is 4.79 Å². The molecule has 0 heterocycles. The second-order valence-corrected chi connectivity index (χ2v) is 5.27. The largest absolute Gasteiger partial charge is 0.326 e. The molecule has 0 unspecified atom stereocenters. The highest BCUT2D eigenvalue weighted by Gasteiger charge is 2.07. The first-order valence-corrected chi connectivity index (χ1v) is 7.16. The SMILES string of the molecule is CCCCN(C)CCC(=O)Nc1cccc(Cl)c1C. The second kappa shape index (κ2) is 8.18. The molecule has 0 aliphatic carbocycles. The average Bonchev–Trinajstić information content (AvgIpc) is 2.39. The quantitative estimate of drug-likeness (QED) is 0.827. The molecule has 0 bridgehead atoms. The number of hydrogen-bond donors (Lipinski definition) is 1. The van der Waals surface area contributed by atoms with E-state index in [1.807, 2.05) is 32.2 Å². The van der Waals surface area contributed by atoms with Gasteiger partial charge >= 0.3 is 0 Å². The third kappa shape index (κ3) is 5.62. The van der Waals surface area contributed by atoms with Crippen LogP contribution in [0.2, 0.25) is 5.02 Å². The first-order chi connectivity index (χ1) is 9.04. The Hall–Kier alpha value is -1.06. The molecule has 1 N–H and O–H groups in total. The van der Waals surface area contributed by atoms with Crippen LogP contribution >= 0.6 is 11.6 Å². The van der Waals surface area contributed by atoms with E-state index in [0.717, 1.165) is 24.3 Å². The Morgan fingerprint density at radius 1 is 1.37 bits per heavy atom. The highest BCUT2D eigenvalue weighted by molar-refractivity contribution is 6.31. The van der Waals surface area contributed by atoms with E-state index in [-0.39, 0.29) is 5.91 Å². The summed E-state index contributed by atoms with van der Waals surface area (Å²) in [5.74, 6) is 0.0358. The summed E-state index contributed by atoms with van der Waals surface area (Å²) in [6.45, 7) is 5.90. The van der Waals surface area contributed by atoms with E-state index in [4.69, 9.17) is 11.6 Å². The maximum Gasteiger partial charge on any atom is 0.225 e. The Morgan fingerprint density at radius 2 is 2.11 bits per heavy atom. The number of halogens is 1. The molecule has 0 fully saturated rings. The predicted molar refractivity (Wildman–Crippen MR) is 81.8 cm³/mol. The van der Waals surface area contributed by atoms with E-state index in [1.54, 1.807) is 0 Å². The fourth-order valence-corrected chi connectivity index (χ4v) is 1.96. The van der Waals surface area contributed by atoms with Gasteiger partial charge in [-0.2, -0.15) is 0 Å². The first-order valence-electron chi connectivity index (χ1n) is 6.78. The summed E-state index contributed by atoms with van der Waals surface area (Å²) in [4.78, 5) is 14.1. The van der Waals surface area contributed by atoms with Gasteiger partial charge in [0, 0.05) is 23.7 Å². The van der Waals surface area contributed by atoms with Gasteiger partial charge in [-0.1, -0.05) is 31.0 Å². The number of hydrogen-bond acceptors (Lipinski definition) is 2. The number of carbonyl (C=O) groups is 1. The number of unbranched alkanes of at least 4 members (excludes halogenated alkanes) is 1. The van der Waals surface area contributed by atoms with Crippen molar-refractivity contribution in [2.75, 3.05) is 25.5 Å². The third-order valence-electron chi connectivity index (χ3n) is 3.16. The summed E-state index contributed by atoms with van der Waals surface area (Å²) < 4.78 is 0. The molecule has 1 aromatic carbocycles. The van der Waals surface area contributed by atoms with Crippen LogP contribution in [-0.2, 0) is 4.79 Å². The monoisotopic (exact) mass is 282 g/mol. The molecule has 0 aliphatic rings. The van der Waals surface area contributed by atoms with Crippen molar-refractivity contribution in [1.29, 1.82) is 0 Å². The smallest absolute Gasteiger partial charge is 0.225 e. The Bertz CT molecular complexity index is 421. The molecule has 1 amide bonds. The van der Waals surface area contributed by atoms with Crippen molar-refractivity contribution in [3.8, 4) is 0 Å². The molecular formula is C15H23ClN2O. The minimum Gasteiger partial charge on any atom is -0.326 e. The van der Waals surface area contributed by atoms with Crippen molar-refractivity contribution in [1.82, 2.24) is 4.90 Å². The van der Waals surface area contributed by atoms with Crippen molar-refractivity contribution in [2.45, 2.75) is 33.1 Å². The number of rotatable bonds is 7. The van der Waals surface area contributed by atoms with Crippen molar-refractivity contribution in [3.05, 3.63) is 28.8 Å². The standard InChI is InChI=1S/C15H23ClN2O/c1-4-5-10-18(3)11-9-15(19)17-14-8-6-7-13(16)12(14)2/h6-8H,4-5,9-11H2,1-3H3,(H,17,19). The van der Waals surface area contributed by atoms with Crippen LogP contribution < -0.4 is 5.32 Å². The van der Waals surface area contributed by atoms with Gasteiger partial charge < -0.3 is 10.2 Å². The highest BCUT2D eigenvalue weighted by Crippen LogP contribution is 2.22. The summed E-state index contributed by atoms with van der Waals surface area (Å²) in [6.07, 6.45) is 2.86. The molecular weight excluding hydrogens is 260 g/mol. The molecule has 1 rings (SSSR count). The average molecular weight is 283 g/mol. The molecule has 19 heavy (non-hydrogen) atoms. The van der Waals surface area contributed by atoms with Gasteiger partial charge in [0.05, 0.1) is 0 Å². The molecule has 0 saturated carbocycles. The lowest BCUT2D eigenvalue weighted by Gasteiger charge is -2.16. The van der Waals surface area contributed by atoms with E-state index >= 15 is 0 Å². The Labute approximate surface area is 120 Å². The van der Waals surface area contributed by atoms with Crippen molar-refractivity contribution in [3.63, 3.8) is 0 Å². The fraction of sp³-hybridized carbons (Fsp3) is 0.533. The van der Waals surface area contributed by atoms with Crippen LogP contribution in [-0.4, -0.2) is 30.9 Å². The maximum atomic E-state index is 11.9. The first kappa shape index (κ1) is 16.0. The fourth-order valence-electron chi connectivity index (χ4n) is 1.79. The lowest BCUT2D eigenvalue weighted by Crippen LogP contribution is -2.25. The van der Waals surface area contributed by atoms with Crippen LogP contribution in [0.25, 0.3) is 0 Å². The van der Waals surface area contributed by atoms with Gasteiger partial charge in [0.15, 0.2) is 0 Å². The number of anilines is 1. The summed E-state index contributed by atoms with van der Waals surface area (Å²) in [6, 6.07) is 5.54. The molecule has 0 aliphatic heterocycles. The third-order valence-corrected chi connectivity index (χ3v) is 3.57. The molecule has 3 nitrogen and oxygen atoms in total. The lowest BCUT2D eigenvalue weighted by molar-refractivity contribution is -0.116. The summed E-state index contributed by atoms with van der Waals surface area (Å²) >= 11 is 6.02. The van der Waals surface area contributed by atoms with Gasteiger partial charge in [-0.05, 0) is 44.6 Å². The minimum atomic E-state index is 0.0358. The molecule has 1 aromatic rings. The number of nitrogens with one attached hydrogen (secondary N) is 1. The number of benzene rings is 1. The summed E-state index contributed by atoms with van der Waals surface area (Å²) in [5, 5.41) is 3.59. The molecule has 0 spiro atoms. The topological polar surface area (TPSA) is 32.3 Å². The zero-order chi connectivity index (χ0) is 14.3. The van der Waals surface area contributed by atoms with Gasteiger partial charge in [-0.3, -0.25) is 4.79 Å². The van der Waals surface area contributed by atoms with Crippen LogP contribution in [0.5, 0.6) is 0 Å². The molecule has 106 valence electrons. The van der Waals surface area contributed by atoms with E-state index < -0.39 is 0 Å². The molecule has 0 radical (unpaired) electrons. The second-order valence-electron chi connectivity index (χ2n) is 4.87. The normalized spacial score (nSPS) is 10.8. The summed E-state index contributed by atoms with van der Waals surface area (Å²) in [7, 11) is 2.05. The van der Waals surface area contributed by atoms with Gasteiger partial charge in [-0.15, -0.1) is 0 Å². The van der Waals surface area contributed by atoms with Gasteiger partial charge in [0.1, 0.15) is 0 Å². The number of carbonyl (C=O) groups excluding carboxylic acids is 1. The van der Waals surface area contributed by atoms with Gasteiger partial charge in [0.2, 0.25) is 5.91 Å². The molecule has 0 atom stereocenters. The van der Waals surface area contributed by atoms with Crippen LogP contribution in [0.1, 0.15) is 31.7 Å². The van der Waals surface area contributed by atoms with E-state index in [1.165, 1.54) is 12.8 Å². The molecule has 0 aromatic heterocycles. The van der Waals surface area contributed by atoms with Crippen LogP contribution in [0.3, 0.4) is 0 Å². The van der Waals surface area contributed by atoms with Gasteiger partial charge in [-0.25, -0.2) is 0 Å². The van der Waals surface area contributed by atoms with Crippen molar-refractivity contribution in [2.24, 2.45) is 0 Å². The molecule has 4 heteroatoms. The van der Waals surface area contributed by atoms with Crippen LogP contribution in [0, 0.1) is 6.92 Å². The zero-order valence-electron chi connectivity index (χ0n) is 12.0. The Kier molecular flexibility index (Phi) is 6.89. The Morgan fingerprint density at radius 3 is 2.79 bits per heavy atom. The predicted octanol–water partition coefficient (Wildman–Crippen LogP) is 3.71. The van der Waals surface area contributed by atoms with Crippen molar-refractivity contribution >= 4 is 23.2 Å². The maximum absolute atomic E-state index is 11.9. The lowest BCUT2D eigenvalue weighted by atomic mass is 10.2. The number of amides is 1. The number of nitrogens with zero attached hydrogens (tertiary/aromatic N) is 1. The Balaban J connectivity index is 2.41. The molecule has 0 saturated heterocycles. The van der Waals surface area contributed by atoms with Crippen molar-refractivity contribution < 1.29 is 4.79 Å².